The molecule has 0 amide bonds. The second-order valence-electron chi connectivity index (χ2n) is 1.12. The highest BCUT2D eigenvalue weighted by Gasteiger charge is 1.78. The van der Waals surface area contributed by atoms with Gasteiger partial charge in [0.25, 0.3) is 0 Å². The summed E-state index contributed by atoms with van der Waals surface area (Å²) in [7, 11) is 0. The molecule has 0 unspecified atom stereocenters. The number of nitrogens with zero attached hydrogens (tertiary/aromatic N) is 3. The summed E-state index contributed by atoms with van der Waals surface area (Å²) in [5.74, 6) is 0. The lowest BCUT2D eigenvalue weighted by molar-refractivity contribution is 0.636. The zero-order chi connectivity index (χ0) is 5.11. The molecule has 38 valence electrons. The zero-order valence-corrected chi connectivity index (χ0v) is 3.78. The Balaban J connectivity index is 2.76. The molecule has 0 saturated carbocycles. The number of hydrogen-bond acceptors (Lipinski definition) is 3. The van der Waals surface area contributed by atoms with E-state index in [1.54, 1.807) is 11.0 Å². The number of nitrogens with two attached hydrogens (primary N) is 1. The minimum atomic E-state index is 0.403. The molecule has 4 nitrogen and oxygen atoms in total. The van der Waals surface area contributed by atoms with Crippen LogP contribution in [0.1, 0.15) is 0 Å². The van der Waals surface area contributed by atoms with Crippen LogP contribution in [0.5, 0.6) is 0 Å². The maximum Gasteiger partial charge on any atom is 0.137 e. The molecule has 0 saturated heterocycles. The lowest BCUT2D eigenvalue weighted by atomic mass is 11.1. The normalized spacial score (nSPS) is 9.29. The molecule has 1 rings (SSSR count). The highest BCUT2D eigenvalue weighted by Crippen LogP contribution is 1.69. The van der Waals surface area contributed by atoms with Crippen LogP contribution in [0.4, 0.5) is 0 Å². The predicted octanol–water partition coefficient (Wildman–Crippen LogP) is -0.806. The van der Waals surface area contributed by atoms with Gasteiger partial charge in [-0.15, -0.1) is 0 Å². The Morgan fingerprint density at radius 2 is 2.57 bits per heavy atom. The smallest absolute Gasteiger partial charge is 0.137 e. The van der Waals surface area contributed by atoms with Crippen molar-refractivity contribution in [3.8, 4) is 0 Å². The molecular formula is C3H6N4. The summed E-state index contributed by atoms with van der Waals surface area (Å²) in [4.78, 5) is 3.66. The minimum Gasteiger partial charge on any atom is -0.312 e. The van der Waals surface area contributed by atoms with Crippen molar-refractivity contribution in [3.05, 3.63) is 12.7 Å². The molecule has 0 spiro atoms. The van der Waals surface area contributed by atoms with E-state index >= 15 is 0 Å². The van der Waals surface area contributed by atoms with Crippen LogP contribution in [0.15, 0.2) is 12.7 Å². The minimum absolute atomic E-state index is 0.403. The molecule has 0 aliphatic carbocycles. The molecule has 1 heterocycles. The van der Waals surface area contributed by atoms with Gasteiger partial charge in [0.15, 0.2) is 0 Å². The molecule has 7 heavy (non-hydrogen) atoms. The quantitative estimate of drug-likeness (QED) is 0.500. The highest BCUT2D eigenvalue weighted by molar-refractivity contribution is 4.52. The van der Waals surface area contributed by atoms with Gasteiger partial charge >= 0.3 is 0 Å². The van der Waals surface area contributed by atoms with E-state index in [4.69, 9.17) is 5.73 Å². The van der Waals surface area contributed by atoms with Crippen molar-refractivity contribution in [1.82, 2.24) is 14.8 Å². The van der Waals surface area contributed by atoms with Crippen molar-refractivity contribution in [2.45, 2.75) is 6.67 Å². The summed E-state index contributed by atoms with van der Waals surface area (Å²) in [6.45, 7) is 0.403. The van der Waals surface area contributed by atoms with Crippen LogP contribution in [0, 0.1) is 0 Å². The fraction of sp³-hybridized carbons (Fsp3) is 0.333. The summed E-state index contributed by atoms with van der Waals surface area (Å²) in [6.07, 6.45) is 3.02. The summed E-state index contributed by atoms with van der Waals surface area (Å²) in [5.41, 5.74) is 5.15. The topological polar surface area (TPSA) is 56.7 Å². The number of hydrogen-bond donors (Lipinski definition) is 1. The van der Waals surface area contributed by atoms with E-state index in [0.29, 0.717) is 6.67 Å². The van der Waals surface area contributed by atoms with Gasteiger partial charge in [0.05, 0.1) is 6.67 Å². The molecule has 0 aliphatic heterocycles. The first-order chi connectivity index (χ1) is 3.43. The molecule has 4 heteroatoms. The van der Waals surface area contributed by atoms with Gasteiger partial charge in [0.2, 0.25) is 0 Å². The third-order valence-corrected chi connectivity index (χ3v) is 0.654. The molecule has 2 N–H and O–H groups in total. The molecule has 0 aromatic carbocycles. The maximum atomic E-state index is 5.15. The summed E-state index contributed by atoms with van der Waals surface area (Å²) < 4.78 is 1.54. The van der Waals surface area contributed by atoms with Crippen LogP contribution in [0.25, 0.3) is 0 Å². The lowest BCUT2D eigenvalue weighted by Gasteiger charge is -1.86. The summed E-state index contributed by atoms with van der Waals surface area (Å²) in [6, 6.07) is 0. The zero-order valence-electron chi connectivity index (χ0n) is 3.78. The fourth-order valence-corrected chi connectivity index (χ4v) is 0.327. The lowest BCUT2D eigenvalue weighted by Crippen LogP contribution is -2.06. The van der Waals surface area contributed by atoms with E-state index in [2.05, 4.69) is 10.1 Å². The Morgan fingerprint density at radius 3 is 2.86 bits per heavy atom. The molecule has 0 atom stereocenters. The second-order valence-corrected chi connectivity index (χ2v) is 1.12. The largest absolute Gasteiger partial charge is 0.312 e. The molecule has 1 aromatic rings. The van der Waals surface area contributed by atoms with Gasteiger partial charge in [0, 0.05) is 0 Å². The molecular weight excluding hydrogens is 92.1 g/mol. The Bertz CT molecular complexity index is 121. The first-order valence-corrected chi connectivity index (χ1v) is 1.96. The van der Waals surface area contributed by atoms with Crippen LogP contribution in [0.2, 0.25) is 0 Å². The van der Waals surface area contributed by atoms with Gasteiger partial charge < -0.3 is 5.73 Å². The SMILES string of the molecule is NCn1cncn1. The van der Waals surface area contributed by atoms with E-state index in [0.717, 1.165) is 0 Å². The Kier molecular flexibility index (Phi) is 1.04. The standard InChI is InChI=1S/C3H6N4/c4-1-7-3-5-2-6-7/h2-3H,1,4H2. The molecule has 0 fully saturated rings. The predicted molar refractivity (Wildman–Crippen MR) is 24.2 cm³/mol. The van der Waals surface area contributed by atoms with Crippen LogP contribution in [-0.4, -0.2) is 14.8 Å². The Morgan fingerprint density at radius 1 is 1.71 bits per heavy atom. The van der Waals surface area contributed by atoms with Gasteiger partial charge in [-0.1, -0.05) is 0 Å². The Hall–Kier alpha value is -0.900. The summed E-state index contributed by atoms with van der Waals surface area (Å²) >= 11 is 0. The van der Waals surface area contributed by atoms with E-state index in [9.17, 15) is 0 Å². The van der Waals surface area contributed by atoms with Crippen molar-refractivity contribution in [1.29, 1.82) is 0 Å². The fourth-order valence-electron chi connectivity index (χ4n) is 0.327. The maximum absolute atomic E-state index is 5.15. The van der Waals surface area contributed by atoms with Crippen LogP contribution in [0.3, 0.4) is 0 Å². The van der Waals surface area contributed by atoms with Gasteiger partial charge in [-0.25, -0.2) is 9.67 Å². The average molecular weight is 98.1 g/mol. The van der Waals surface area contributed by atoms with E-state index < -0.39 is 0 Å². The Labute approximate surface area is 41.0 Å². The molecule has 0 aliphatic rings. The molecule has 0 bridgehead atoms. The monoisotopic (exact) mass is 98.1 g/mol. The molecule has 1 aromatic heterocycles. The van der Waals surface area contributed by atoms with Gasteiger partial charge in [-0.2, -0.15) is 5.10 Å². The third kappa shape index (κ3) is 0.747. The molecule has 0 radical (unpaired) electrons. The third-order valence-electron chi connectivity index (χ3n) is 0.654. The average Bonchev–Trinajstić information content (AvgIpc) is 2.14. The van der Waals surface area contributed by atoms with Crippen LogP contribution < -0.4 is 5.73 Å². The first kappa shape index (κ1) is 4.26. The van der Waals surface area contributed by atoms with Crippen molar-refractivity contribution in [2.24, 2.45) is 5.73 Å². The van der Waals surface area contributed by atoms with Gasteiger partial charge in [-0.05, 0) is 0 Å². The summed E-state index contributed by atoms with van der Waals surface area (Å²) in [5, 5.41) is 3.72. The van der Waals surface area contributed by atoms with Crippen molar-refractivity contribution in [3.63, 3.8) is 0 Å². The van der Waals surface area contributed by atoms with Gasteiger partial charge in [-0.3, -0.25) is 0 Å². The number of rotatable bonds is 1. The van der Waals surface area contributed by atoms with Crippen molar-refractivity contribution >= 4 is 0 Å². The second kappa shape index (κ2) is 1.70. The van der Waals surface area contributed by atoms with Crippen LogP contribution in [-0.2, 0) is 6.67 Å². The first-order valence-electron chi connectivity index (χ1n) is 1.96. The van der Waals surface area contributed by atoms with Crippen molar-refractivity contribution in [2.75, 3.05) is 0 Å². The van der Waals surface area contributed by atoms with Crippen LogP contribution >= 0.6 is 0 Å². The highest BCUT2D eigenvalue weighted by atomic mass is 15.3. The van der Waals surface area contributed by atoms with E-state index in [1.165, 1.54) is 6.33 Å². The van der Waals surface area contributed by atoms with Gasteiger partial charge in [0.1, 0.15) is 12.7 Å². The van der Waals surface area contributed by atoms with E-state index in [-0.39, 0.29) is 0 Å². The van der Waals surface area contributed by atoms with Crippen molar-refractivity contribution < 1.29 is 0 Å². The number of aromatic nitrogens is 3. The van der Waals surface area contributed by atoms with E-state index in [1.807, 2.05) is 0 Å².